The quantitative estimate of drug-likeness (QED) is 0.734. The predicted molar refractivity (Wildman–Crippen MR) is 103 cm³/mol. The average molecular weight is 373 g/mol. The molecular weight excluding hydrogens is 347 g/mol. The Hall–Kier alpha value is -1.56. The van der Waals surface area contributed by atoms with E-state index in [0.29, 0.717) is 13.1 Å². The van der Waals surface area contributed by atoms with E-state index in [1.165, 1.54) is 0 Å². The first-order valence-electron chi connectivity index (χ1n) is 7.69. The van der Waals surface area contributed by atoms with Gasteiger partial charge in [-0.1, -0.05) is 13.0 Å². The highest BCUT2D eigenvalue weighted by molar-refractivity contribution is 5.95. The third-order valence-corrected chi connectivity index (χ3v) is 3.70. The first-order chi connectivity index (χ1) is 10.6. The fourth-order valence-corrected chi connectivity index (χ4v) is 2.46. The van der Waals surface area contributed by atoms with Gasteiger partial charge in [-0.25, -0.2) is 0 Å². The molecule has 0 unspecified atom stereocenters. The normalized spacial score (nSPS) is 9.79. The highest BCUT2D eigenvalue weighted by Gasteiger charge is 2.15. The minimum atomic E-state index is -0.0155. The van der Waals surface area contributed by atoms with Crippen LogP contribution in [-0.4, -0.2) is 35.1 Å². The summed E-state index contributed by atoms with van der Waals surface area (Å²) in [7, 11) is 0. The summed E-state index contributed by atoms with van der Waals surface area (Å²) in [5, 5.41) is 6.14. The summed E-state index contributed by atoms with van der Waals surface area (Å²) < 4.78 is 2.13. The number of pyridine rings is 1. The number of carbonyl (C=O) groups excluding carboxylic acids is 1. The molecule has 0 aliphatic heterocycles. The van der Waals surface area contributed by atoms with Crippen LogP contribution in [0.3, 0.4) is 0 Å². The van der Waals surface area contributed by atoms with Crippen molar-refractivity contribution < 1.29 is 4.79 Å². The Kier molecular flexibility index (Phi) is 10.4. The first-order valence-corrected chi connectivity index (χ1v) is 7.69. The maximum Gasteiger partial charge on any atom is 0.253 e. The lowest BCUT2D eigenvalue weighted by molar-refractivity contribution is 0.0953. The summed E-state index contributed by atoms with van der Waals surface area (Å²) in [5.74, 6) is -0.0155. The van der Waals surface area contributed by atoms with E-state index >= 15 is 0 Å². The fraction of sp³-hybridized carbons (Fsp3) is 0.412. The van der Waals surface area contributed by atoms with E-state index in [4.69, 9.17) is 0 Å². The van der Waals surface area contributed by atoms with Crippen LogP contribution in [-0.2, 0) is 6.54 Å². The number of nitrogens with one attached hydrogen (secondary N) is 2. The Labute approximate surface area is 156 Å². The molecule has 5 nitrogen and oxygen atoms in total. The number of rotatable bonds is 7. The van der Waals surface area contributed by atoms with Gasteiger partial charge in [-0.3, -0.25) is 9.78 Å². The second-order valence-electron chi connectivity index (χ2n) is 5.30. The third-order valence-electron chi connectivity index (χ3n) is 3.70. The standard InChI is InChI=1S/C17H24N4O.2ClH/c1-4-18-9-10-20-17(22)16-11-13(2)21(14(16)3)12-15-7-5-6-8-19-15;;/h5-8,11,18H,4,9-10,12H2,1-3H3,(H,20,22);2*1H. The number of aromatic nitrogens is 2. The molecule has 0 saturated heterocycles. The van der Waals surface area contributed by atoms with Gasteiger partial charge in [0.2, 0.25) is 0 Å². The monoisotopic (exact) mass is 372 g/mol. The van der Waals surface area contributed by atoms with E-state index in [1.807, 2.05) is 45.0 Å². The van der Waals surface area contributed by atoms with Gasteiger partial charge in [0.05, 0.1) is 17.8 Å². The largest absolute Gasteiger partial charge is 0.351 e. The summed E-state index contributed by atoms with van der Waals surface area (Å²) in [6.45, 7) is 9.07. The van der Waals surface area contributed by atoms with Crippen molar-refractivity contribution in [1.82, 2.24) is 20.2 Å². The van der Waals surface area contributed by atoms with Crippen LogP contribution < -0.4 is 10.6 Å². The molecule has 0 aliphatic rings. The van der Waals surface area contributed by atoms with Gasteiger partial charge in [-0.2, -0.15) is 0 Å². The summed E-state index contributed by atoms with van der Waals surface area (Å²) in [5.41, 5.74) is 3.78. The van der Waals surface area contributed by atoms with Crippen molar-refractivity contribution in [1.29, 1.82) is 0 Å². The van der Waals surface area contributed by atoms with E-state index in [2.05, 4.69) is 20.2 Å². The molecule has 2 aromatic heterocycles. The van der Waals surface area contributed by atoms with Crippen LogP contribution in [0.5, 0.6) is 0 Å². The van der Waals surface area contributed by atoms with Crippen molar-refractivity contribution in [3.8, 4) is 0 Å². The van der Waals surface area contributed by atoms with Gasteiger partial charge in [0.25, 0.3) is 5.91 Å². The molecule has 0 aliphatic carbocycles. The summed E-state index contributed by atoms with van der Waals surface area (Å²) >= 11 is 0. The molecule has 0 aromatic carbocycles. The minimum absolute atomic E-state index is 0. The van der Waals surface area contributed by atoms with Crippen LogP contribution in [0.15, 0.2) is 30.5 Å². The SMILES string of the molecule is CCNCCNC(=O)c1cc(C)n(Cc2ccccn2)c1C.Cl.Cl. The number of halogens is 2. The van der Waals surface area contributed by atoms with Gasteiger partial charge in [0.15, 0.2) is 0 Å². The summed E-state index contributed by atoms with van der Waals surface area (Å²) in [4.78, 5) is 16.6. The molecular formula is C17H26Cl2N4O. The van der Waals surface area contributed by atoms with Gasteiger partial charge in [0, 0.05) is 30.7 Å². The number of amides is 1. The van der Waals surface area contributed by atoms with Crippen molar-refractivity contribution >= 4 is 30.7 Å². The minimum Gasteiger partial charge on any atom is -0.351 e. The number of aryl methyl sites for hydroxylation is 1. The number of carbonyl (C=O) groups is 1. The van der Waals surface area contributed by atoms with Crippen molar-refractivity contribution in [3.05, 3.63) is 53.1 Å². The lowest BCUT2D eigenvalue weighted by Crippen LogP contribution is -2.31. The van der Waals surface area contributed by atoms with Crippen LogP contribution >= 0.6 is 24.8 Å². The highest BCUT2D eigenvalue weighted by atomic mass is 35.5. The molecule has 2 heterocycles. The Balaban J connectivity index is 0.00000264. The molecule has 2 rings (SSSR count). The topological polar surface area (TPSA) is 58.9 Å². The zero-order valence-electron chi connectivity index (χ0n) is 14.3. The maximum atomic E-state index is 12.3. The van der Waals surface area contributed by atoms with E-state index in [9.17, 15) is 4.79 Å². The molecule has 0 bridgehead atoms. The summed E-state index contributed by atoms with van der Waals surface area (Å²) in [6.07, 6.45) is 1.79. The molecule has 134 valence electrons. The Bertz CT molecular complexity index is 629. The molecule has 2 aromatic rings. The van der Waals surface area contributed by atoms with E-state index in [0.717, 1.165) is 35.7 Å². The third kappa shape index (κ3) is 5.82. The molecule has 0 radical (unpaired) electrons. The second kappa shape index (κ2) is 11.1. The van der Waals surface area contributed by atoms with Crippen LogP contribution in [0.4, 0.5) is 0 Å². The smallest absolute Gasteiger partial charge is 0.253 e. The van der Waals surface area contributed by atoms with E-state index in [-0.39, 0.29) is 30.7 Å². The Morgan fingerprint density at radius 1 is 1.21 bits per heavy atom. The molecule has 0 saturated carbocycles. The van der Waals surface area contributed by atoms with Crippen LogP contribution in [0, 0.1) is 13.8 Å². The number of hydrogen-bond acceptors (Lipinski definition) is 3. The molecule has 0 spiro atoms. The van der Waals surface area contributed by atoms with Gasteiger partial charge < -0.3 is 15.2 Å². The first kappa shape index (κ1) is 22.4. The lowest BCUT2D eigenvalue weighted by Gasteiger charge is -2.09. The lowest BCUT2D eigenvalue weighted by atomic mass is 10.2. The predicted octanol–water partition coefficient (Wildman–Crippen LogP) is 2.73. The van der Waals surface area contributed by atoms with Crippen LogP contribution in [0.25, 0.3) is 0 Å². The molecule has 24 heavy (non-hydrogen) atoms. The molecule has 0 fully saturated rings. The van der Waals surface area contributed by atoms with Crippen molar-refractivity contribution in [3.63, 3.8) is 0 Å². The second-order valence-corrected chi connectivity index (χ2v) is 5.30. The van der Waals surface area contributed by atoms with Crippen molar-refractivity contribution in [2.75, 3.05) is 19.6 Å². The van der Waals surface area contributed by atoms with Gasteiger partial charge >= 0.3 is 0 Å². The highest BCUT2D eigenvalue weighted by Crippen LogP contribution is 2.16. The summed E-state index contributed by atoms with van der Waals surface area (Å²) in [6, 6.07) is 7.82. The van der Waals surface area contributed by atoms with Gasteiger partial charge in [-0.15, -0.1) is 24.8 Å². The fourth-order valence-electron chi connectivity index (χ4n) is 2.46. The van der Waals surface area contributed by atoms with Gasteiger partial charge in [-0.05, 0) is 38.6 Å². The Morgan fingerprint density at radius 3 is 2.58 bits per heavy atom. The molecule has 1 amide bonds. The van der Waals surface area contributed by atoms with E-state index < -0.39 is 0 Å². The molecule has 2 N–H and O–H groups in total. The maximum absolute atomic E-state index is 12.3. The van der Waals surface area contributed by atoms with E-state index in [1.54, 1.807) is 6.20 Å². The zero-order valence-corrected chi connectivity index (χ0v) is 16.0. The number of hydrogen-bond donors (Lipinski definition) is 2. The van der Waals surface area contributed by atoms with Crippen molar-refractivity contribution in [2.45, 2.75) is 27.3 Å². The number of nitrogens with zero attached hydrogens (tertiary/aromatic N) is 2. The van der Waals surface area contributed by atoms with Crippen LogP contribution in [0.1, 0.15) is 34.4 Å². The Morgan fingerprint density at radius 2 is 1.96 bits per heavy atom. The molecule has 0 atom stereocenters. The van der Waals surface area contributed by atoms with Gasteiger partial charge in [0.1, 0.15) is 0 Å². The molecule has 7 heteroatoms. The zero-order chi connectivity index (χ0) is 15.9. The average Bonchev–Trinajstić information content (AvgIpc) is 2.81. The van der Waals surface area contributed by atoms with Crippen LogP contribution in [0.2, 0.25) is 0 Å². The van der Waals surface area contributed by atoms with Crippen molar-refractivity contribution in [2.24, 2.45) is 0 Å². The number of likely N-dealkylation sites (N-methyl/N-ethyl adjacent to an activating group) is 1.